The Hall–Kier alpha value is -1.35. The van der Waals surface area contributed by atoms with Crippen molar-refractivity contribution < 1.29 is 9.90 Å². The second-order valence-electron chi connectivity index (χ2n) is 5.70. The van der Waals surface area contributed by atoms with Crippen molar-refractivity contribution in [3.05, 3.63) is 35.4 Å². The van der Waals surface area contributed by atoms with Crippen molar-refractivity contribution in [2.24, 2.45) is 11.7 Å². The van der Waals surface area contributed by atoms with E-state index in [1.807, 2.05) is 24.3 Å². The summed E-state index contributed by atoms with van der Waals surface area (Å²) < 4.78 is 0. The minimum atomic E-state index is -0.713. The second kappa shape index (κ2) is 4.09. The molecular weight excluding hydrogens is 226 g/mol. The van der Waals surface area contributed by atoms with Gasteiger partial charge in [-0.1, -0.05) is 37.1 Å². The Morgan fingerprint density at radius 1 is 1.33 bits per heavy atom. The highest BCUT2D eigenvalue weighted by molar-refractivity contribution is 5.77. The van der Waals surface area contributed by atoms with E-state index in [0.717, 1.165) is 30.4 Å². The summed E-state index contributed by atoms with van der Waals surface area (Å²) in [7, 11) is 0. The van der Waals surface area contributed by atoms with E-state index >= 15 is 0 Å². The normalized spacial score (nSPS) is 34.5. The van der Waals surface area contributed by atoms with E-state index in [2.05, 4.69) is 0 Å². The van der Waals surface area contributed by atoms with Crippen molar-refractivity contribution in [3.63, 3.8) is 0 Å². The summed E-state index contributed by atoms with van der Waals surface area (Å²) in [6.45, 7) is 0. The van der Waals surface area contributed by atoms with E-state index in [9.17, 15) is 9.90 Å². The predicted octanol–water partition coefficient (Wildman–Crippen LogP) is 2.60. The number of hydrogen-bond acceptors (Lipinski definition) is 2. The Morgan fingerprint density at radius 2 is 2.11 bits per heavy atom. The average molecular weight is 245 g/mol. The quantitative estimate of drug-likeness (QED) is 0.799. The molecule has 0 heterocycles. The third-order valence-corrected chi connectivity index (χ3v) is 4.78. The summed E-state index contributed by atoms with van der Waals surface area (Å²) in [6.07, 6.45) is 5.08. The third-order valence-electron chi connectivity index (χ3n) is 4.78. The van der Waals surface area contributed by atoms with Crippen molar-refractivity contribution in [3.8, 4) is 0 Å². The molecule has 0 saturated heterocycles. The summed E-state index contributed by atoms with van der Waals surface area (Å²) >= 11 is 0. The van der Waals surface area contributed by atoms with Gasteiger partial charge in [0.2, 0.25) is 0 Å². The molecule has 3 N–H and O–H groups in total. The lowest BCUT2D eigenvalue weighted by Crippen LogP contribution is -2.50. The number of carbonyl (C=O) groups is 1. The lowest BCUT2D eigenvalue weighted by molar-refractivity contribution is -0.139. The van der Waals surface area contributed by atoms with Crippen molar-refractivity contribution in [2.45, 2.75) is 43.6 Å². The maximum Gasteiger partial charge on any atom is 0.310 e. The number of carboxylic acids is 1. The maximum absolute atomic E-state index is 11.5. The monoisotopic (exact) mass is 245 g/mol. The van der Waals surface area contributed by atoms with Crippen molar-refractivity contribution in [1.82, 2.24) is 0 Å². The maximum atomic E-state index is 11.5. The molecule has 3 atom stereocenters. The zero-order valence-corrected chi connectivity index (χ0v) is 10.4. The average Bonchev–Trinajstić information content (AvgIpc) is 2.37. The largest absolute Gasteiger partial charge is 0.481 e. The van der Waals surface area contributed by atoms with Crippen LogP contribution in [-0.2, 0) is 10.3 Å². The molecule has 0 bridgehead atoms. The zero-order chi connectivity index (χ0) is 12.8. The smallest absolute Gasteiger partial charge is 0.310 e. The van der Waals surface area contributed by atoms with Gasteiger partial charge < -0.3 is 10.8 Å². The van der Waals surface area contributed by atoms with Gasteiger partial charge in [0.25, 0.3) is 0 Å². The lowest BCUT2D eigenvalue weighted by Gasteiger charge is -2.47. The van der Waals surface area contributed by atoms with E-state index in [0.29, 0.717) is 12.3 Å². The molecule has 0 radical (unpaired) electrons. The molecule has 3 rings (SSSR count). The highest BCUT2D eigenvalue weighted by Crippen LogP contribution is 2.50. The van der Waals surface area contributed by atoms with Gasteiger partial charge in [-0.15, -0.1) is 0 Å². The van der Waals surface area contributed by atoms with Gasteiger partial charge in [-0.2, -0.15) is 0 Å². The van der Waals surface area contributed by atoms with Crippen LogP contribution in [0.3, 0.4) is 0 Å². The van der Waals surface area contributed by atoms with Crippen LogP contribution < -0.4 is 5.73 Å². The summed E-state index contributed by atoms with van der Waals surface area (Å²) in [5.74, 6) is -0.765. The third kappa shape index (κ3) is 1.57. The number of benzene rings is 1. The molecule has 0 aromatic heterocycles. The molecule has 3 unspecified atom stereocenters. The van der Waals surface area contributed by atoms with Gasteiger partial charge in [0.1, 0.15) is 0 Å². The molecule has 3 nitrogen and oxygen atoms in total. The molecule has 1 aromatic carbocycles. The number of nitrogens with two attached hydrogens (primary N) is 1. The summed E-state index contributed by atoms with van der Waals surface area (Å²) in [5.41, 5.74) is 8.37. The number of rotatable bonds is 1. The molecule has 1 aromatic rings. The molecule has 2 aliphatic carbocycles. The molecule has 18 heavy (non-hydrogen) atoms. The molecule has 0 amide bonds. The van der Waals surface area contributed by atoms with Crippen LogP contribution >= 0.6 is 0 Å². The number of hydrogen-bond donors (Lipinski definition) is 2. The molecular formula is C15H19NO2. The lowest BCUT2D eigenvalue weighted by atomic mass is 9.60. The minimum Gasteiger partial charge on any atom is -0.481 e. The fourth-order valence-electron chi connectivity index (χ4n) is 3.82. The van der Waals surface area contributed by atoms with Crippen molar-refractivity contribution in [2.75, 3.05) is 0 Å². The molecule has 1 saturated carbocycles. The van der Waals surface area contributed by atoms with Crippen LogP contribution in [0.5, 0.6) is 0 Å². The van der Waals surface area contributed by atoms with Gasteiger partial charge in [-0.25, -0.2) is 0 Å². The fourth-order valence-corrected chi connectivity index (χ4v) is 3.82. The summed E-state index contributed by atoms with van der Waals surface area (Å²) in [4.78, 5) is 11.5. The fraction of sp³-hybridized carbons (Fsp3) is 0.533. The molecule has 2 aliphatic rings. The van der Waals surface area contributed by atoms with E-state index in [4.69, 9.17) is 5.73 Å². The Balaban J connectivity index is 2.13. The topological polar surface area (TPSA) is 63.3 Å². The molecule has 0 spiro atoms. The van der Waals surface area contributed by atoms with Crippen LogP contribution in [0.25, 0.3) is 0 Å². The zero-order valence-electron chi connectivity index (χ0n) is 10.4. The van der Waals surface area contributed by atoms with Crippen LogP contribution in [0, 0.1) is 5.92 Å². The van der Waals surface area contributed by atoms with Gasteiger partial charge in [0, 0.05) is 5.54 Å². The van der Waals surface area contributed by atoms with E-state index < -0.39 is 5.97 Å². The van der Waals surface area contributed by atoms with Gasteiger partial charge in [-0.3, -0.25) is 4.79 Å². The van der Waals surface area contributed by atoms with E-state index in [1.54, 1.807) is 0 Å². The van der Waals surface area contributed by atoms with Crippen LogP contribution in [-0.4, -0.2) is 11.1 Å². The highest BCUT2D eigenvalue weighted by Gasteiger charge is 2.46. The molecule has 96 valence electrons. The predicted molar refractivity (Wildman–Crippen MR) is 69.3 cm³/mol. The number of fused-ring (bicyclic) bond motifs is 3. The van der Waals surface area contributed by atoms with Crippen LogP contribution in [0.2, 0.25) is 0 Å². The van der Waals surface area contributed by atoms with Gasteiger partial charge >= 0.3 is 5.97 Å². The Morgan fingerprint density at radius 3 is 2.89 bits per heavy atom. The first kappa shape index (κ1) is 11.7. The Labute approximate surface area is 107 Å². The van der Waals surface area contributed by atoms with E-state index in [1.165, 1.54) is 6.42 Å². The number of carboxylic acid groups (broad SMARTS) is 1. The molecule has 1 fully saturated rings. The highest BCUT2D eigenvalue weighted by atomic mass is 16.4. The molecule has 3 heteroatoms. The van der Waals surface area contributed by atoms with Gasteiger partial charge in [0.05, 0.1) is 5.92 Å². The van der Waals surface area contributed by atoms with Crippen LogP contribution in [0.15, 0.2) is 24.3 Å². The first-order valence-electron chi connectivity index (χ1n) is 6.74. The first-order chi connectivity index (χ1) is 8.63. The summed E-state index contributed by atoms with van der Waals surface area (Å²) in [6, 6.07) is 7.86. The Kier molecular flexibility index (Phi) is 2.67. The van der Waals surface area contributed by atoms with Crippen LogP contribution in [0.4, 0.5) is 0 Å². The summed E-state index contributed by atoms with van der Waals surface area (Å²) in [5, 5.41) is 9.42. The van der Waals surface area contributed by atoms with Gasteiger partial charge in [0.15, 0.2) is 0 Å². The SMILES string of the molecule is NC12CCCCC1CC(C(=O)O)c1ccccc12. The number of aliphatic carboxylic acids is 1. The van der Waals surface area contributed by atoms with Crippen molar-refractivity contribution in [1.29, 1.82) is 0 Å². The minimum absolute atomic E-state index is 0.291. The molecule has 0 aliphatic heterocycles. The Bertz CT molecular complexity index is 485. The van der Waals surface area contributed by atoms with Crippen molar-refractivity contribution >= 4 is 5.97 Å². The second-order valence-corrected chi connectivity index (χ2v) is 5.70. The van der Waals surface area contributed by atoms with Gasteiger partial charge in [-0.05, 0) is 36.3 Å². The van der Waals surface area contributed by atoms with E-state index in [-0.39, 0.29) is 11.5 Å². The van der Waals surface area contributed by atoms with Crippen LogP contribution in [0.1, 0.15) is 49.1 Å². The first-order valence-corrected chi connectivity index (χ1v) is 6.74. The standard InChI is InChI=1S/C15H19NO2/c16-15-8-4-3-5-10(15)9-12(14(17)18)11-6-1-2-7-13(11)15/h1-2,6-7,10,12H,3-5,8-9,16H2,(H,17,18).